The second-order valence-corrected chi connectivity index (χ2v) is 5.03. The van der Waals surface area contributed by atoms with Crippen LogP contribution in [0, 0.1) is 0 Å². The summed E-state index contributed by atoms with van der Waals surface area (Å²) in [5.74, 6) is 1.37. The summed E-state index contributed by atoms with van der Waals surface area (Å²) in [4.78, 5) is 13.6. The lowest BCUT2D eigenvalue weighted by atomic mass is 10.2. The van der Waals surface area contributed by atoms with Crippen LogP contribution in [0.5, 0.6) is 11.5 Å². The van der Waals surface area contributed by atoms with Gasteiger partial charge in [-0.05, 0) is 37.4 Å². The van der Waals surface area contributed by atoms with Crippen LogP contribution in [-0.4, -0.2) is 45.3 Å². The normalized spacial score (nSPS) is 10.6. The maximum absolute atomic E-state index is 11.6. The van der Waals surface area contributed by atoms with E-state index in [0.717, 1.165) is 17.1 Å². The molecule has 0 amide bonds. The number of carbonyl (C=O) groups excluding carboxylic acids is 1. The molecule has 1 heterocycles. The summed E-state index contributed by atoms with van der Waals surface area (Å²) < 4.78 is 20.6. The van der Waals surface area contributed by atoms with Crippen LogP contribution in [0.25, 0.3) is 0 Å². The Labute approximate surface area is 135 Å². The highest BCUT2D eigenvalue weighted by Crippen LogP contribution is 2.17. The lowest BCUT2D eigenvalue weighted by Gasteiger charge is -2.16. The van der Waals surface area contributed by atoms with Crippen LogP contribution in [0.2, 0.25) is 0 Å². The van der Waals surface area contributed by atoms with E-state index in [2.05, 4.69) is 4.74 Å². The standard InChI is InChI=1S/C17H21NO5/c1-18(12-13-8-10-23-16(13)17(19)21-3)9-11-22-15-6-4-14(20-2)5-7-15/h4-8,10H,9,11-12H2,1-3H3. The average Bonchev–Trinajstić information content (AvgIpc) is 3.02. The summed E-state index contributed by atoms with van der Waals surface area (Å²) in [5, 5.41) is 0. The van der Waals surface area contributed by atoms with Crippen LogP contribution in [-0.2, 0) is 11.3 Å². The molecule has 0 aliphatic carbocycles. The van der Waals surface area contributed by atoms with Crippen molar-refractivity contribution in [3.63, 3.8) is 0 Å². The molecule has 0 aliphatic heterocycles. The predicted octanol–water partition coefficient (Wildman–Crippen LogP) is 2.59. The molecule has 6 heteroatoms. The van der Waals surface area contributed by atoms with Gasteiger partial charge in [-0.25, -0.2) is 4.79 Å². The predicted molar refractivity (Wildman–Crippen MR) is 84.9 cm³/mol. The molecule has 0 N–H and O–H groups in total. The fourth-order valence-corrected chi connectivity index (χ4v) is 2.09. The van der Waals surface area contributed by atoms with Gasteiger partial charge in [0, 0.05) is 18.7 Å². The molecule has 0 saturated heterocycles. The topological polar surface area (TPSA) is 61.1 Å². The van der Waals surface area contributed by atoms with Crippen LogP contribution in [0.4, 0.5) is 0 Å². The Morgan fingerprint density at radius 3 is 2.48 bits per heavy atom. The minimum absolute atomic E-state index is 0.246. The molecule has 2 rings (SSSR count). The third-order valence-electron chi connectivity index (χ3n) is 3.36. The summed E-state index contributed by atoms with van der Waals surface area (Å²) in [7, 11) is 4.91. The maximum atomic E-state index is 11.6. The number of rotatable bonds is 8. The Kier molecular flexibility index (Phi) is 6.05. The van der Waals surface area contributed by atoms with Gasteiger partial charge in [0.25, 0.3) is 0 Å². The summed E-state index contributed by atoms with van der Waals surface area (Å²) in [6.07, 6.45) is 1.49. The molecular weight excluding hydrogens is 298 g/mol. The van der Waals surface area contributed by atoms with Gasteiger partial charge < -0.3 is 18.6 Å². The van der Waals surface area contributed by atoms with Crippen molar-refractivity contribution in [2.45, 2.75) is 6.54 Å². The number of carbonyl (C=O) groups is 1. The van der Waals surface area contributed by atoms with Gasteiger partial charge in [-0.1, -0.05) is 0 Å². The highest BCUT2D eigenvalue weighted by atomic mass is 16.5. The molecule has 1 aromatic heterocycles. The van der Waals surface area contributed by atoms with E-state index in [0.29, 0.717) is 19.7 Å². The lowest BCUT2D eigenvalue weighted by Crippen LogP contribution is -2.24. The molecule has 23 heavy (non-hydrogen) atoms. The molecule has 2 aromatic rings. The van der Waals surface area contributed by atoms with Crippen molar-refractivity contribution in [1.82, 2.24) is 4.90 Å². The number of benzene rings is 1. The molecule has 0 fully saturated rings. The largest absolute Gasteiger partial charge is 0.497 e. The van der Waals surface area contributed by atoms with Crippen LogP contribution in [0.3, 0.4) is 0 Å². The van der Waals surface area contributed by atoms with Crippen molar-refractivity contribution >= 4 is 5.97 Å². The molecule has 0 spiro atoms. The van der Waals surface area contributed by atoms with Crippen LogP contribution >= 0.6 is 0 Å². The molecule has 0 bridgehead atoms. The number of hydrogen-bond acceptors (Lipinski definition) is 6. The first kappa shape index (κ1) is 16.9. The van der Waals surface area contributed by atoms with Gasteiger partial charge in [0.2, 0.25) is 5.76 Å². The minimum atomic E-state index is -0.465. The van der Waals surface area contributed by atoms with E-state index in [1.807, 2.05) is 36.2 Å². The first-order valence-corrected chi connectivity index (χ1v) is 7.24. The summed E-state index contributed by atoms with van der Waals surface area (Å²) in [6.45, 7) is 1.82. The number of hydrogen-bond donors (Lipinski definition) is 0. The SMILES string of the molecule is COC(=O)c1occc1CN(C)CCOc1ccc(OC)cc1. The first-order valence-electron chi connectivity index (χ1n) is 7.24. The fourth-order valence-electron chi connectivity index (χ4n) is 2.09. The van der Waals surface area contributed by atoms with Crippen molar-refractivity contribution in [1.29, 1.82) is 0 Å². The number of nitrogens with zero attached hydrogens (tertiary/aromatic N) is 1. The summed E-state index contributed by atoms with van der Waals surface area (Å²) >= 11 is 0. The van der Waals surface area contributed by atoms with E-state index in [1.54, 1.807) is 13.2 Å². The van der Waals surface area contributed by atoms with Crippen molar-refractivity contribution in [3.8, 4) is 11.5 Å². The first-order chi connectivity index (χ1) is 11.1. The second kappa shape index (κ2) is 8.24. The monoisotopic (exact) mass is 319 g/mol. The summed E-state index contributed by atoms with van der Waals surface area (Å²) in [5.41, 5.74) is 0.795. The second-order valence-electron chi connectivity index (χ2n) is 5.03. The zero-order valence-corrected chi connectivity index (χ0v) is 13.6. The van der Waals surface area contributed by atoms with Gasteiger partial charge in [-0.2, -0.15) is 0 Å². The average molecular weight is 319 g/mol. The van der Waals surface area contributed by atoms with Crippen molar-refractivity contribution in [2.24, 2.45) is 0 Å². The molecule has 0 aliphatic rings. The minimum Gasteiger partial charge on any atom is -0.497 e. The van der Waals surface area contributed by atoms with E-state index in [9.17, 15) is 4.79 Å². The number of esters is 1. The zero-order chi connectivity index (χ0) is 16.7. The molecule has 6 nitrogen and oxygen atoms in total. The van der Waals surface area contributed by atoms with Crippen molar-refractivity contribution in [3.05, 3.63) is 47.9 Å². The van der Waals surface area contributed by atoms with Crippen molar-refractivity contribution in [2.75, 3.05) is 34.4 Å². The molecule has 0 radical (unpaired) electrons. The van der Waals surface area contributed by atoms with E-state index >= 15 is 0 Å². The number of methoxy groups -OCH3 is 2. The fraction of sp³-hybridized carbons (Fsp3) is 0.353. The molecule has 1 aromatic carbocycles. The Hall–Kier alpha value is -2.47. The number of furan rings is 1. The Morgan fingerprint density at radius 1 is 1.13 bits per heavy atom. The van der Waals surface area contributed by atoms with Crippen LogP contribution in [0.1, 0.15) is 16.1 Å². The van der Waals surface area contributed by atoms with Gasteiger partial charge in [-0.3, -0.25) is 4.90 Å². The summed E-state index contributed by atoms with van der Waals surface area (Å²) in [6, 6.07) is 9.21. The van der Waals surface area contributed by atoms with Gasteiger partial charge in [0.1, 0.15) is 18.1 Å². The highest BCUT2D eigenvalue weighted by Gasteiger charge is 2.16. The maximum Gasteiger partial charge on any atom is 0.374 e. The van der Waals surface area contributed by atoms with Crippen molar-refractivity contribution < 1.29 is 23.4 Å². The third-order valence-corrected chi connectivity index (χ3v) is 3.36. The molecule has 124 valence electrons. The Bertz CT molecular complexity index is 620. The van der Waals surface area contributed by atoms with E-state index in [-0.39, 0.29) is 5.76 Å². The third kappa shape index (κ3) is 4.75. The quantitative estimate of drug-likeness (QED) is 0.697. The Balaban J connectivity index is 1.80. The molecule has 0 unspecified atom stereocenters. The van der Waals surface area contributed by atoms with E-state index in [1.165, 1.54) is 13.4 Å². The van der Waals surface area contributed by atoms with E-state index < -0.39 is 5.97 Å². The lowest BCUT2D eigenvalue weighted by molar-refractivity contribution is 0.0562. The molecule has 0 atom stereocenters. The van der Waals surface area contributed by atoms with Gasteiger partial charge in [-0.15, -0.1) is 0 Å². The smallest absolute Gasteiger partial charge is 0.374 e. The Morgan fingerprint density at radius 2 is 1.83 bits per heavy atom. The van der Waals surface area contributed by atoms with E-state index in [4.69, 9.17) is 13.9 Å². The van der Waals surface area contributed by atoms with Crippen LogP contribution < -0.4 is 9.47 Å². The highest BCUT2D eigenvalue weighted by molar-refractivity contribution is 5.87. The van der Waals surface area contributed by atoms with Gasteiger partial charge >= 0.3 is 5.97 Å². The number of ether oxygens (including phenoxy) is 3. The molecular formula is C17H21NO5. The van der Waals surface area contributed by atoms with Gasteiger partial charge in [0.15, 0.2) is 0 Å². The van der Waals surface area contributed by atoms with Crippen LogP contribution in [0.15, 0.2) is 41.0 Å². The number of likely N-dealkylation sites (N-methyl/N-ethyl adjacent to an activating group) is 1. The van der Waals surface area contributed by atoms with Gasteiger partial charge in [0.05, 0.1) is 20.5 Å². The zero-order valence-electron chi connectivity index (χ0n) is 13.6. The molecule has 0 saturated carbocycles.